The Morgan fingerprint density at radius 2 is 2.30 bits per heavy atom. The van der Waals surface area contributed by atoms with E-state index in [9.17, 15) is 10.1 Å². The van der Waals surface area contributed by atoms with Crippen molar-refractivity contribution in [1.82, 2.24) is 4.57 Å². The zero-order valence-corrected chi connectivity index (χ0v) is 11.4. The molecular weight excluding hydrogens is 260 g/mol. The van der Waals surface area contributed by atoms with Crippen LogP contribution in [0.25, 0.3) is 0 Å². The topological polar surface area (TPSA) is 73.2 Å². The standard InChI is InChI=1S/C13H17N4O3/c1-15-7-8-16(10-15)6-5-14-12-4-3-11(17(18)19)9-13(12)20-2/h3-4,7-10,14H,5-6H2,1-2H3/q+1. The molecule has 0 spiro atoms. The smallest absolute Gasteiger partial charge is 0.273 e. The van der Waals surface area contributed by atoms with Gasteiger partial charge in [-0.25, -0.2) is 9.13 Å². The molecule has 0 atom stereocenters. The third kappa shape index (κ3) is 3.25. The molecule has 1 N–H and O–H groups in total. The van der Waals surface area contributed by atoms with E-state index < -0.39 is 4.92 Å². The molecule has 7 nitrogen and oxygen atoms in total. The van der Waals surface area contributed by atoms with E-state index >= 15 is 0 Å². The largest absolute Gasteiger partial charge is 0.494 e. The first-order valence-corrected chi connectivity index (χ1v) is 6.17. The molecule has 0 aliphatic carbocycles. The monoisotopic (exact) mass is 277 g/mol. The highest BCUT2D eigenvalue weighted by molar-refractivity contribution is 5.60. The van der Waals surface area contributed by atoms with Gasteiger partial charge in [0.2, 0.25) is 6.33 Å². The number of imidazole rings is 1. The van der Waals surface area contributed by atoms with Crippen molar-refractivity contribution in [1.29, 1.82) is 0 Å². The zero-order valence-electron chi connectivity index (χ0n) is 11.4. The van der Waals surface area contributed by atoms with Crippen LogP contribution in [0, 0.1) is 10.1 Å². The molecule has 0 aliphatic heterocycles. The van der Waals surface area contributed by atoms with Crippen LogP contribution in [0.1, 0.15) is 0 Å². The van der Waals surface area contributed by atoms with E-state index in [0.29, 0.717) is 12.3 Å². The van der Waals surface area contributed by atoms with E-state index in [4.69, 9.17) is 4.74 Å². The molecule has 2 aromatic rings. The third-order valence-corrected chi connectivity index (χ3v) is 2.91. The summed E-state index contributed by atoms with van der Waals surface area (Å²) in [5, 5.41) is 13.9. The van der Waals surface area contributed by atoms with Crippen molar-refractivity contribution in [2.24, 2.45) is 7.05 Å². The SMILES string of the molecule is COc1cc([N+](=O)[O-])ccc1NCC[n+]1ccn(C)c1. The fourth-order valence-electron chi connectivity index (χ4n) is 1.89. The lowest BCUT2D eigenvalue weighted by molar-refractivity contribution is -0.693. The number of nitro groups is 1. The molecule has 0 saturated carbocycles. The van der Waals surface area contributed by atoms with Gasteiger partial charge in [-0.1, -0.05) is 0 Å². The van der Waals surface area contributed by atoms with Gasteiger partial charge in [-0.2, -0.15) is 0 Å². The van der Waals surface area contributed by atoms with Crippen LogP contribution in [0.4, 0.5) is 11.4 Å². The van der Waals surface area contributed by atoms with Crippen LogP contribution in [0.15, 0.2) is 36.9 Å². The lowest BCUT2D eigenvalue weighted by Gasteiger charge is -2.09. The summed E-state index contributed by atoms with van der Waals surface area (Å²) in [5.41, 5.74) is 0.763. The Labute approximate surface area is 116 Å². The summed E-state index contributed by atoms with van der Waals surface area (Å²) in [6.45, 7) is 1.49. The van der Waals surface area contributed by atoms with Crippen LogP contribution in [0.2, 0.25) is 0 Å². The average Bonchev–Trinajstić information content (AvgIpc) is 2.84. The third-order valence-electron chi connectivity index (χ3n) is 2.91. The molecule has 0 saturated heterocycles. The maximum absolute atomic E-state index is 10.7. The quantitative estimate of drug-likeness (QED) is 0.491. The number of hydrogen-bond donors (Lipinski definition) is 1. The minimum absolute atomic E-state index is 0.0184. The van der Waals surface area contributed by atoms with Gasteiger partial charge in [0.05, 0.1) is 37.4 Å². The maximum Gasteiger partial charge on any atom is 0.273 e. The second-order valence-corrected chi connectivity index (χ2v) is 4.39. The lowest BCUT2D eigenvalue weighted by atomic mass is 10.2. The zero-order chi connectivity index (χ0) is 14.5. The molecule has 0 aliphatic rings. The van der Waals surface area contributed by atoms with E-state index in [1.165, 1.54) is 19.2 Å². The van der Waals surface area contributed by atoms with E-state index in [1.807, 2.05) is 34.9 Å². The van der Waals surface area contributed by atoms with E-state index in [-0.39, 0.29) is 5.69 Å². The van der Waals surface area contributed by atoms with Crippen molar-refractivity contribution in [2.45, 2.75) is 6.54 Å². The Hall–Kier alpha value is -2.57. The van der Waals surface area contributed by atoms with Gasteiger partial charge in [-0.15, -0.1) is 0 Å². The number of hydrogen-bond acceptors (Lipinski definition) is 4. The molecule has 1 heterocycles. The molecule has 1 aromatic carbocycles. The summed E-state index contributed by atoms with van der Waals surface area (Å²) >= 11 is 0. The van der Waals surface area contributed by atoms with Crippen molar-refractivity contribution in [3.63, 3.8) is 0 Å². The van der Waals surface area contributed by atoms with E-state index in [0.717, 1.165) is 12.2 Å². The second kappa shape index (κ2) is 6.05. The average molecular weight is 277 g/mol. The van der Waals surface area contributed by atoms with Gasteiger partial charge in [0.25, 0.3) is 5.69 Å². The van der Waals surface area contributed by atoms with Gasteiger partial charge in [-0.05, 0) is 6.07 Å². The summed E-state index contributed by atoms with van der Waals surface area (Å²) in [7, 11) is 3.46. The number of nitrogens with zero attached hydrogens (tertiary/aromatic N) is 3. The Morgan fingerprint density at radius 3 is 2.90 bits per heavy atom. The van der Waals surface area contributed by atoms with Crippen LogP contribution in [-0.2, 0) is 13.6 Å². The molecule has 0 unspecified atom stereocenters. The first-order valence-electron chi connectivity index (χ1n) is 6.17. The van der Waals surface area contributed by atoms with Crippen molar-refractivity contribution >= 4 is 11.4 Å². The van der Waals surface area contributed by atoms with Crippen LogP contribution in [0.5, 0.6) is 5.75 Å². The molecule has 0 bridgehead atoms. The Morgan fingerprint density at radius 1 is 1.50 bits per heavy atom. The number of ether oxygens (including phenoxy) is 1. The molecule has 0 radical (unpaired) electrons. The second-order valence-electron chi connectivity index (χ2n) is 4.39. The van der Waals surface area contributed by atoms with Crippen LogP contribution in [0.3, 0.4) is 0 Å². The Kier molecular flexibility index (Phi) is 4.19. The highest BCUT2D eigenvalue weighted by Gasteiger charge is 2.11. The summed E-state index contributed by atoms with van der Waals surface area (Å²) in [5.74, 6) is 0.470. The Balaban J connectivity index is 2.00. The van der Waals surface area contributed by atoms with Crippen molar-refractivity contribution in [2.75, 3.05) is 19.0 Å². The summed E-state index contributed by atoms with van der Waals surface area (Å²) in [6.07, 6.45) is 5.93. The van der Waals surface area contributed by atoms with Crippen molar-refractivity contribution in [3.8, 4) is 5.75 Å². The van der Waals surface area contributed by atoms with Crippen LogP contribution >= 0.6 is 0 Å². The summed E-state index contributed by atoms with van der Waals surface area (Å²) in [6, 6.07) is 4.53. The van der Waals surface area contributed by atoms with E-state index in [2.05, 4.69) is 5.32 Å². The van der Waals surface area contributed by atoms with Gasteiger partial charge in [0.15, 0.2) is 0 Å². The van der Waals surface area contributed by atoms with Gasteiger partial charge < -0.3 is 10.1 Å². The number of nitrogens with one attached hydrogen (secondary N) is 1. The molecule has 1 aromatic heterocycles. The fraction of sp³-hybridized carbons (Fsp3) is 0.308. The van der Waals surface area contributed by atoms with Crippen LogP contribution < -0.4 is 14.6 Å². The number of benzene rings is 1. The van der Waals surface area contributed by atoms with Gasteiger partial charge >= 0.3 is 0 Å². The predicted octanol–water partition coefficient (Wildman–Crippen LogP) is 1.34. The highest BCUT2D eigenvalue weighted by atomic mass is 16.6. The lowest BCUT2D eigenvalue weighted by Crippen LogP contribution is -2.34. The van der Waals surface area contributed by atoms with Gasteiger partial charge in [-0.3, -0.25) is 10.1 Å². The Bertz CT molecular complexity index is 609. The number of aromatic nitrogens is 2. The normalized spacial score (nSPS) is 10.3. The number of rotatable bonds is 6. The number of aryl methyl sites for hydroxylation is 1. The molecule has 20 heavy (non-hydrogen) atoms. The number of methoxy groups -OCH3 is 1. The molecule has 0 amide bonds. The number of anilines is 1. The maximum atomic E-state index is 10.7. The highest BCUT2D eigenvalue weighted by Crippen LogP contribution is 2.28. The number of nitro benzene ring substituents is 1. The molecular formula is C13H17N4O3+. The van der Waals surface area contributed by atoms with Gasteiger partial charge in [0.1, 0.15) is 24.7 Å². The minimum atomic E-state index is -0.438. The first-order chi connectivity index (χ1) is 9.60. The summed E-state index contributed by atoms with van der Waals surface area (Å²) in [4.78, 5) is 10.3. The molecule has 106 valence electrons. The van der Waals surface area contributed by atoms with Gasteiger partial charge in [0, 0.05) is 6.07 Å². The molecule has 0 fully saturated rings. The van der Waals surface area contributed by atoms with E-state index in [1.54, 1.807) is 6.07 Å². The molecule has 2 rings (SSSR count). The predicted molar refractivity (Wildman–Crippen MR) is 73.7 cm³/mol. The van der Waals surface area contributed by atoms with Crippen molar-refractivity contribution in [3.05, 3.63) is 47.0 Å². The molecule has 7 heteroatoms. The minimum Gasteiger partial charge on any atom is -0.494 e. The van der Waals surface area contributed by atoms with Crippen LogP contribution in [-0.4, -0.2) is 23.1 Å². The fourth-order valence-corrected chi connectivity index (χ4v) is 1.89. The van der Waals surface area contributed by atoms with Crippen molar-refractivity contribution < 1.29 is 14.2 Å². The number of non-ortho nitro benzene ring substituents is 1. The first kappa shape index (κ1) is 13.9. The summed E-state index contributed by atoms with van der Waals surface area (Å²) < 4.78 is 9.18.